The first-order valence-electron chi connectivity index (χ1n) is 9.20. The van der Waals surface area contributed by atoms with Crippen molar-refractivity contribution in [2.45, 2.75) is 34.0 Å². The zero-order valence-electron chi connectivity index (χ0n) is 16.1. The molecule has 3 aromatic carbocycles. The molecular weight excluding hydrogens is 340 g/mol. The normalized spacial score (nSPS) is 11.5. The molecule has 0 saturated heterocycles. The molecular formula is C23H24O4. The Morgan fingerprint density at radius 1 is 0.704 bits per heavy atom. The lowest BCUT2D eigenvalue weighted by atomic mass is 9.96. The van der Waals surface area contributed by atoms with Gasteiger partial charge in [-0.25, -0.2) is 0 Å². The van der Waals surface area contributed by atoms with Gasteiger partial charge in [-0.2, -0.15) is 0 Å². The summed E-state index contributed by atoms with van der Waals surface area (Å²) in [6, 6.07) is 17.7. The van der Waals surface area contributed by atoms with E-state index in [4.69, 9.17) is 9.47 Å². The maximum atomic E-state index is 12.3. The van der Waals surface area contributed by atoms with E-state index in [0.717, 1.165) is 21.5 Å². The van der Waals surface area contributed by atoms with E-state index in [1.54, 1.807) is 27.7 Å². The van der Waals surface area contributed by atoms with Crippen LogP contribution in [0.1, 0.15) is 39.5 Å². The number of hydrogen-bond donors (Lipinski definition) is 0. The van der Waals surface area contributed by atoms with Crippen LogP contribution in [0, 0.1) is 11.8 Å². The second kappa shape index (κ2) is 7.78. The predicted molar refractivity (Wildman–Crippen MR) is 106 cm³/mol. The molecule has 0 aliphatic carbocycles. The van der Waals surface area contributed by atoms with E-state index in [-0.39, 0.29) is 11.8 Å². The van der Waals surface area contributed by atoms with Crippen molar-refractivity contribution in [2.75, 3.05) is 0 Å². The largest absolute Gasteiger partial charge is 0.420 e. The summed E-state index contributed by atoms with van der Waals surface area (Å²) >= 11 is 0. The molecule has 0 spiro atoms. The summed E-state index contributed by atoms with van der Waals surface area (Å²) in [5.74, 6) is -1.47. The second-order valence-electron chi connectivity index (χ2n) is 7.25. The average molecular weight is 364 g/mol. The van der Waals surface area contributed by atoms with Crippen molar-refractivity contribution in [3.8, 4) is 0 Å². The van der Waals surface area contributed by atoms with Gasteiger partial charge in [0.2, 0.25) is 0 Å². The molecule has 4 nitrogen and oxygen atoms in total. The maximum absolute atomic E-state index is 12.3. The van der Waals surface area contributed by atoms with Crippen molar-refractivity contribution in [3.05, 3.63) is 60.2 Å². The van der Waals surface area contributed by atoms with Gasteiger partial charge in [0.05, 0.1) is 11.8 Å². The summed E-state index contributed by atoms with van der Waals surface area (Å²) < 4.78 is 11.3. The van der Waals surface area contributed by atoms with E-state index in [2.05, 4.69) is 6.07 Å². The molecule has 0 aliphatic rings. The fourth-order valence-electron chi connectivity index (χ4n) is 2.93. The molecule has 0 amide bonds. The number of carbonyl (C=O) groups is 2. The van der Waals surface area contributed by atoms with Crippen molar-refractivity contribution in [2.24, 2.45) is 11.8 Å². The van der Waals surface area contributed by atoms with Crippen molar-refractivity contribution >= 4 is 33.5 Å². The first-order chi connectivity index (χ1) is 12.9. The Kier molecular flexibility index (Phi) is 5.45. The van der Waals surface area contributed by atoms with Gasteiger partial charge in [-0.1, -0.05) is 76.2 Å². The summed E-state index contributed by atoms with van der Waals surface area (Å²) in [7, 11) is 0. The summed E-state index contributed by atoms with van der Waals surface area (Å²) in [4.78, 5) is 24.7. The van der Waals surface area contributed by atoms with E-state index < -0.39 is 18.2 Å². The van der Waals surface area contributed by atoms with Gasteiger partial charge < -0.3 is 9.47 Å². The fraction of sp³-hybridized carbons (Fsp3) is 0.304. The van der Waals surface area contributed by atoms with Crippen molar-refractivity contribution in [3.63, 3.8) is 0 Å². The van der Waals surface area contributed by atoms with Crippen LogP contribution in [0.3, 0.4) is 0 Å². The van der Waals surface area contributed by atoms with Crippen LogP contribution in [0.15, 0.2) is 54.6 Å². The Morgan fingerprint density at radius 2 is 1.11 bits per heavy atom. The first-order valence-corrected chi connectivity index (χ1v) is 9.20. The minimum absolute atomic E-state index is 0.327. The minimum Gasteiger partial charge on any atom is -0.420 e. The van der Waals surface area contributed by atoms with Gasteiger partial charge >= 0.3 is 11.9 Å². The number of rotatable bonds is 5. The van der Waals surface area contributed by atoms with E-state index in [9.17, 15) is 9.59 Å². The smallest absolute Gasteiger partial charge is 0.311 e. The van der Waals surface area contributed by atoms with Crippen LogP contribution in [0.2, 0.25) is 0 Å². The zero-order valence-corrected chi connectivity index (χ0v) is 16.1. The summed E-state index contributed by atoms with van der Waals surface area (Å²) in [5.41, 5.74) is 0.701. The van der Waals surface area contributed by atoms with E-state index in [1.807, 2.05) is 48.5 Å². The lowest BCUT2D eigenvalue weighted by Crippen LogP contribution is -2.23. The molecule has 0 radical (unpaired) electrons. The monoisotopic (exact) mass is 364 g/mol. The van der Waals surface area contributed by atoms with Crippen molar-refractivity contribution < 1.29 is 19.1 Å². The molecule has 0 heterocycles. The molecule has 0 saturated carbocycles. The van der Waals surface area contributed by atoms with Gasteiger partial charge in [-0.15, -0.1) is 0 Å². The molecule has 0 aromatic heterocycles. The number of carbonyl (C=O) groups excluding carboxylic acids is 2. The molecule has 3 aromatic rings. The Balaban J connectivity index is 2.23. The van der Waals surface area contributed by atoms with Crippen LogP contribution in [-0.2, 0) is 19.1 Å². The van der Waals surface area contributed by atoms with E-state index in [0.29, 0.717) is 5.56 Å². The topological polar surface area (TPSA) is 52.6 Å². The van der Waals surface area contributed by atoms with Crippen LogP contribution in [-0.4, -0.2) is 11.9 Å². The molecule has 0 fully saturated rings. The highest BCUT2D eigenvalue weighted by Crippen LogP contribution is 2.36. The number of benzene rings is 3. The number of fused-ring (bicyclic) bond motifs is 2. The van der Waals surface area contributed by atoms with Crippen LogP contribution in [0.4, 0.5) is 0 Å². The van der Waals surface area contributed by atoms with Gasteiger partial charge in [0.15, 0.2) is 0 Å². The van der Waals surface area contributed by atoms with Crippen molar-refractivity contribution in [1.82, 2.24) is 0 Å². The van der Waals surface area contributed by atoms with Crippen molar-refractivity contribution in [1.29, 1.82) is 0 Å². The molecule has 4 heteroatoms. The Labute approximate surface area is 159 Å². The van der Waals surface area contributed by atoms with Crippen LogP contribution in [0.25, 0.3) is 21.5 Å². The third kappa shape index (κ3) is 3.95. The predicted octanol–water partition coefficient (Wildman–Crippen LogP) is 5.39. The number of esters is 2. The third-order valence-electron chi connectivity index (χ3n) is 4.44. The summed E-state index contributed by atoms with van der Waals surface area (Å²) in [6.07, 6.45) is -1.09. The standard InChI is InChI=1S/C23H24O4/c1-14(2)21(24)26-23(27-22(25)15(3)4)20-18-11-7-5-9-16(18)13-17-10-6-8-12-19(17)20/h5-15,23H,1-4H3. The lowest BCUT2D eigenvalue weighted by Gasteiger charge is -2.23. The highest BCUT2D eigenvalue weighted by molar-refractivity contribution is 6.02. The van der Waals surface area contributed by atoms with Crippen LogP contribution < -0.4 is 0 Å². The quantitative estimate of drug-likeness (QED) is 0.346. The summed E-state index contributed by atoms with van der Waals surface area (Å²) in [6.45, 7) is 7.02. The van der Waals surface area contributed by atoms with Gasteiger partial charge in [0.25, 0.3) is 6.29 Å². The minimum atomic E-state index is -1.09. The third-order valence-corrected chi connectivity index (χ3v) is 4.44. The Morgan fingerprint density at radius 3 is 1.52 bits per heavy atom. The zero-order chi connectivity index (χ0) is 19.6. The molecule has 0 unspecified atom stereocenters. The highest BCUT2D eigenvalue weighted by atomic mass is 16.7. The Bertz CT molecular complexity index is 912. The second-order valence-corrected chi connectivity index (χ2v) is 7.25. The molecule has 27 heavy (non-hydrogen) atoms. The molecule has 0 atom stereocenters. The van der Waals surface area contributed by atoms with Crippen LogP contribution >= 0.6 is 0 Å². The van der Waals surface area contributed by atoms with Gasteiger partial charge in [-0.3, -0.25) is 9.59 Å². The Hall–Kier alpha value is -2.88. The van der Waals surface area contributed by atoms with E-state index >= 15 is 0 Å². The summed E-state index contributed by atoms with van der Waals surface area (Å²) in [5, 5.41) is 3.79. The van der Waals surface area contributed by atoms with E-state index in [1.165, 1.54) is 0 Å². The molecule has 140 valence electrons. The van der Waals surface area contributed by atoms with Gasteiger partial charge in [-0.05, 0) is 27.6 Å². The molecule has 0 aliphatic heterocycles. The van der Waals surface area contributed by atoms with Gasteiger partial charge in [0.1, 0.15) is 0 Å². The first kappa shape index (κ1) is 18.9. The van der Waals surface area contributed by atoms with Gasteiger partial charge in [0, 0.05) is 5.56 Å². The fourth-order valence-corrected chi connectivity index (χ4v) is 2.93. The number of ether oxygens (including phenoxy) is 2. The molecule has 0 bridgehead atoms. The molecule has 0 N–H and O–H groups in total. The van der Waals surface area contributed by atoms with Crippen LogP contribution in [0.5, 0.6) is 0 Å². The number of hydrogen-bond acceptors (Lipinski definition) is 4. The maximum Gasteiger partial charge on any atom is 0.311 e. The highest BCUT2D eigenvalue weighted by Gasteiger charge is 2.27. The SMILES string of the molecule is CC(C)C(=O)OC(OC(=O)C(C)C)c1c2ccccc2cc2ccccc12. The molecule has 3 rings (SSSR count). The average Bonchev–Trinajstić information content (AvgIpc) is 2.65. The lowest BCUT2D eigenvalue weighted by molar-refractivity contribution is -0.193.